The molecular weight excluding hydrogens is 286 g/mol. The summed E-state index contributed by atoms with van der Waals surface area (Å²) in [5, 5.41) is 2.82. The van der Waals surface area contributed by atoms with E-state index in [0.717, 1.165) is 12.0 Å². The molecule has 0 aliphatic carbocycles. The molecule has 0 radical (unpaired) electrons. The lowest BCUT2D eigenvalue weighted by Crippen LogP contribution is -2.32. The molecule has 0 saturated carbocycles. The summed E-state index contributed by atoms with van der Waals surface area (Å²) in [4.78, 5) is 23.9. The van der Waals surface area contributed by atoms with Gasteiger partial charge >= 0.3 is 5.97 Å². The van der Waals surface area contributed by atoms with E-state index in [9.17, 15) is 9.59 Å². The molecule has 1 saturated heterocycles. The number of nitrogens with one attached hydrogen (secondary N) is 1. The van der Waals surface area contributed by atoms with Crippen LogP contribution in [0.4, 0.5) is 0 Å². The van der Waals surface area contributed by atoms with Gasteiger partial charge in [0.1, 0.15) is 5.25 Å². The molecular formula is C16H21NO3S. The average molecular weight is 307 g/mol. The first kappa shape index (κ1) is 15.9. The van der Waals surface area contributed by atoms with Crippen LogP contribution >= 0.6 is 11.8 Å². The summed E-state index contributed by atoms with van der Waals surface area (Å²) < 4.78 is 5.07. The average Bonchev–Trinajstić information content (AvgIpc) is 2.80. The smallest absolute Gasteiger partial charge is 0.319 e. The van der Waals surface area contributed by atoms with E-state index < -0.39 is 0 Å². The maximum Gasteiger partial charge on any atom is 0.319 e. The molecule has 0 spiro atoms. The molecule has 1 aromatic rings. The molecule has 21 heavy (non-hydrogen) atoms. The number of rotatable bonds is 5. The molecule has 1 heterocycles. The molecule has 0 aromatic heterocycles. The summed E-state index contributed by atoms with van der Waals surface area (Å²) in [6.45, 7) is 4.23. The third-order valence-corrected chi connectivity index (χ3v) is 5.05. The fourth-order valence-corrected chi connectivity index (χ4v) is 3.97. The molecule has 1 aliphatic rings. The Morgan fingerprint density at radius 3 is 2.71 bits per heavy atom. The Morgan fingerprint density at radius 1 is 1.33 bits per heavy atom. The Morgan fingerprint density at radius 2 is 2.05 bits per heavy atom. The molecule has 1 aliphatic heterocycles. The van der Waals surface area contributed by atoms with E-state index in [2.05, 4.69) is 5.32 Å². The van der Waals surface area contributed by atoms with Crippen molar-refractivity contribution >= 4 is 23.6 Å². The number of esters is 1. The largest absolute Gasteiger partial charge is 0.465 e. The Kier molecular flexibility index (Phi) is 5.67. The summed E-state index contributed by atoms with van der Waals surface area (Å²) in [6, 6.07) is 9.65. The molecule has 0 bridgehead atoms. The number of thioether (sulfide) groups is 1. The van der Waals surface area contributed by atoms with Crippen LogP contribution in [0.5, 0.6) is 0 Å². The van der Waals surface area contributed by atoms with E-state index in [0.29, 0.717) is 13.0 Å². The van der Waals surface area contributed by atoms with Gasteiger partial charge in [0.2, 0.25) is 5.91 Å². The minimum atomic E-state index is -0.174. The first-order chi connectivity index (χ1) is 10.1. The van der Waals surface area contributed by atoms with Crippen molar-refractivity contribution in [2.75, 3.05) is 6.61 Å². The molecule has 5 heteroatoms. The first-order valence-electron chi connectivity index (χ1n) is 7.25. The number of ether oxygens (including phenoxy) is 1. The van der Waals surface area contributed by atoms with E-state index in [1.54, 1.807) is 6.92 Å². The van der Waals surface area contributed by atoms with Gasteiger partial charge in [-0.15, -0.1) is 11.8 Å². The quantitative estimate of drug-likeness (QED) is 0.849. The van der Waals surface area contributed by atoms with Crippen molar-refractivity contribution in [1.29, 1.82) is 0 Å². The summed E-state index contributed by atoms with van der Waals surface area (Å²) in [6.07, 6.45) is 1.17. The van der Waals surface area contributed by atoms with Crippen molar-refractivity contribution in [3.63, 3.8) is 0 Å². The van der Waals surface area contributed by atoms with Crippen molar-refractivity contribution in [2.45, 2.75) is 37.3 Å². The second-order valence-corrected chi connectivity index (χ2v) is 6.59. The summed E-state index contributed by atoms with van der Waals surface area (Å²) in [7, 11) is 0. The Balaban J connectivity index is 1.84. The number of amides is 1. The van der Waals surface area contributed by atoms with E-state index in [-0.39, 0.29) is 28.4 Å². The maximum absolute atomic E-state index is 12.0. The van der Waals surface area contributed by atoms with Crippen LogP contribution in [0.15, 0.2) is 30.3 Å². The van der Waals surface area contributed by atoms with Crippen LogP contribution in [-0.4, -0.2) is 29.1 Å². The summed E-state index contributed by atoms with van der Waals surface area (Å²) in [5.41, 5.74) is 0.994. The number of benzene rings is 1. The van der Waals surface area contributed by atoms with Crippen LogP contribution in [0.2, 0.25) is 0 Å². The predicted octanol–water partition coefficient (Wildman–Crippen LogP) is 2.38. The highest BCUT2D eigenvalue weighted by molar-refractivity contribution is 8.01. The molecule has 3 unspecified atom stereocenters. The van der Waals surface area contributed by atoms with Crippen molar-refractivity contribution < 1.29 is 14.3 Å². The van der Waals surface area contributed by atoms with Gasteiger partial charge in [-0.25, -0.2) is 0 Å². The molecule has 3 atom stereocenters. The number of carbonyl (C=O) groups is 2. The molecule has 2 rings (SSSR count). The minimum Gasteiger partial charge on any atom is -0.465 e. The zero-order valence-electron chi connectivity index (χ0n) is 12.4. The van der Waals surface area contributed by atoms with Crippen molar-refractivity contribution in [3.05, 3.63) is 35.9 Å². The summed E-state index contributed by atoms with van der Waals surface area (Å²) in [5.74, 6) is 0.0429. The van der Waals surface area contributed by atoms with Gasteiger partial charge in [-0.05, 0) is 24.8 Å². The second kappa shape index (κ2) is 7.50. The van der Waals surface area contributed by atoms with Gasteiger partial charge in [0.05, 0.1) is 18.4 Å². The van der Waals surface area contributed by atoms with Gasteiger partial charge in [0.15, 0.2) is 0 Å². The standard InChI is InChI=1S/C16H21NO3S/c1-3-20-16(19)15-11(2)9-14(21-15)17-13(18)10-12-7-5-4-6-8-12/h4-8,11,14-15H,3,9-10H2,1-2H3,(H,17,18). The van der Waals surface area contributed by atoms with Crippen LogP contribution < -0.4 is 5.32 Å². The number of hydrogen-bond acceptors (Lipinski definition) is 4. The highest BCUT2D eigenvalue weighted by Crippen LogP contribution is 2.37. The highest BCUT2D eigenvalue weighted by atomic mass is 32.2. The van der Waals surface area contributed by atoms with E-state index in [1.807, 2.05) is 37.3 Å². The van der Waals surface area contributed by atoms with Gasteiger partial charge in [-0.1, -0.05) is 37.3 Å². The summed E-state index contributed by atoms with van der Waals surface area (Å²) >= 11 is 1.50. The molecule has 4 nitrogen and oxygen atoms in total. The van der Waals surface area contributed by atoms with E-state index in [4.69, 9.17) is 4.74 Å². The SMILES string of the molecule is CCOC(=O)C1SC(NC(=O)Cc2ccccc2)CC1C. The molecule has 114 valence electrons. The minimum absolute atomic E-state index is 0.00425. The fourth-order valence-electron chi connectivity index (χ4n) is 2.44. The van der Waals surface area contributed by atoms with Crippen molar-refractivity contribution in [3.8, 4) is 0 Å². The Labute approximate surface area is 129 Å². The second-order valence-electron chi connectivity index (χ2n) is 5.24. The van der Waals surface area contributed by atoms with Crippen LogP contribution in [0.3, 0.4) is 0 Å². The first-order valence-corrected chi connectivity index (χ1v) is 8.19. The van der Waals surface area contributed by atoms with Gasteiger partial charge < -0.3 is 10.1 Å². The van der Waals surface area contributed by atoms with Gasteiger partial charge in [0.25, 0.3) is 0 Å². The van der Waals surface area contributed by atoms with Crippen LogP contribution in [0, 0.1) is 5.92 Å². The van der Waals surface area contributed by atoms with Gasteiger partial charge in [-0.3, -0.25) is 9.59 Å². The molecule has 1 amide bonds. The normalized spacial score (nSPS) is 24.6. The Hall–Kier alpha value is -1.49. The zero-order chi connectivity index (χ0) is 15.2. The van der Waals surface area contributed by atoms with Crippen molar-refractivity contribution in [2.24, 2.45) is 5.92 Å². The third kappa shape index (κ3) is 4.49. The van der Waals surface area contributed by atoms with E-state index >= 15 is 0 Å². The molecule has 1 N–H and O–H groups in total. The van der Waals surface area contributed by atoms with E-state index in [1.165, 1.54) is 11.8 Å². The number of hydrogen-bond donors (Lipinski definition) is 1. The monoisotopic (exact) mass is 307 g/mol. The lowest BCUT2D eigenvalue weighted by molar-refractivity contribution is -0.143. The lowest BCUT2D eigenvalue weighted by Gasteiger charge is -2.13. The van der Waals surface area contributed by atoms with Crippen LogP contribution in [-0.2, 0) is 20.7 Å². The van der Waals surface area contributed by atoms with Crippen LogP contribution in [0.25, 0.3) is 0 Å². The fraction of sp³-hybridized carbons (Fsp3) is 0.500. The lowest BCUT2D eigenvalue weighted by atomic mass is 10.0. The topological polar surface area (TPSA) is 55.4 Å². The van der Waals surface area contributed by atoms with Crippen LogP contribution in [0.1, 0.15) is 25.8 Å². The Bertz CT molecular complexity index is 492. The third-order valence-electron chi connectivity index (χ3n) is 3.46. The van der Waals surface area contributed by atoms with Crippen molar-refractivity contribution in [1.82, 2.24) is 5.32 Å². The number of carbonyl (C=O) groups excluding carboxylic acids is 2. The molecule has 1 aromatic carbocycles. The van der Waals surface area contributed by atoms with Gasteiger partial charge in [-0.2, -0.15) is 0 Å². The van der Waals surface area contributed by atoms with Gasteiger partial charge in [0, 0.05) is 0 Å². The predicted molar refractivity (Wildman–Crippen MR) is 83.9 cm³/mol. The zero-order valence-corrected chi connectivity index (χ0v) is 13.2. The highest BCUT2D eigenvalue weighted by Gasteiger charge is 2.38. The maximum atomic E-state index is 12.0. The molecule has 1 fully saturated rings.